The van der Waals surface area contributed by atoms with Gasteiger partial charge in [0.2, 0.25) is 10.0 Å². The summed E-state index contributed by atoms with van der Waals surface area (Å²) in [6, 6.07) is 4.04. The first kappa shape index (κ1) is 16.7. The third-order valence-electron chi connectivity index (χ3n) is 3.29. The van der Waals surface area contributed by atoms with Crippen molar-refractivity contribution in [2.75, 3.05) is 26.2 Å². The zero-order valence-electron chi connectivity index (χ0n) is 11.4. The standard InChI is InChI=1S/C12H12N4O4S.ClH/c17-11-12(18)15-10-7-8(1-2-9(10)14-11)21(19,20)16-5-3-13-4-6-16;/h1-2,7,13H,3-6H2;1H. The van der Waals surface area contributed by atoms with E-state index in [1.165, 1.54) is 22.5 Å². The van der Waals surface area contributed by atoms with E-state index in [0.717, 1.165) is 0 Å². The van der Waals surface area contributed by atoms with E-state index in [4.69, 9.17) is 0 Å². The first-order valence-corrected chi connectivity index (χ1v) is 7.79. The number of halogens is 1. The SMILES string of the molecule is Cl.O=C1N=c2ccc(S(=O)(=O)N3CCNCC3)cc2=NC1=O. The van der Waals surface area contributed by atoms with E-state index in [2.05, 4.69) is 15.3 Å². The van der Waals surface area contributed by atoms with Crippen LogP contribution in [0.15, 0.2) is 33.1 Å². The molecule has 0 atom stereocenters. The van der Waals surface area contributed by atoms with Gasteiger partial charge in [-0.1, -0.05) is 0 Å². The van der Waals surface area contributed by atoms with Crippen LogP contribution in [0.2, 0.25) is 0 Å². The average molecular weight is 345 g/mol. The molecule has 0 spiro atoms. The molecule has 10 heteroatoms. The Bertz CT molecular complexity index is 846. The number of carbonyl (C=O) groups excluding carboxylic acids is 2. The van der Waals surface area contributed by atoms with Crippen molar-refractivity contribution in [3.63, 3.8) is 0 Å². The van der Waals surface area contributed by atoms with Crippen molar-refractivity contribution in [1.29, 1.82) is 0 Å². The van der Waals surface area contributed by atoms with Gasteiger partial charge in [-0.3, -0.25) is 9.59 Å². The lowest BCUT2D eigenvalue weighted by Gasteiger charge is -2.26. The van der Waals surface area contributed by atoms with Crippen molar-refractivity contribution in [3.8, 4) is 0 Å². The highest BCUT2D eigenvalue weighted by Gasteiger charge is 2.26. The third-order valence-corrected chi connectivity index (χ3v) is 5.18. The molecule has 3 rings (SSSR count). The smallest absolute Gasteiger partial charge is 0.314 e. The molecule has 22 heavy (non-hydrogen) atoms. The second-order valence-electron chi connectivity index (χ2n) is 4.64. The Morgan fingerprint density at radius 1 is 1.00 bits per heavy atom. The molecule has 0 aromatic heterocycles. The highest BCUT2D eigenvalue weighted by molar-refractivity contribution is 7.89. The van der Waals surface area contributed by atoms with Crippen molar-refractivity contribution in [2.45, 2.75) is 4.90 Å². The molecule has 0 aliphatic carbocycles. The summed E-state index contributed by atoms with van der Waals surface area (Å²) in [5, 5.41) is 3.39. The molecular formula is C12H13ClN4O4S. The van der Waals surface area contributed by atoms with E-state index in [1.807, 2.05) is 0 Å². The summed E-state index contributed by atoms with van der Waals surface area (Å²) in [5.74, 6) is -1.93. The second-order valence-corrected chi connectivity index (χ2v) is 6.58. The van der Waals surface area contributed by atoms with Gasteiger partial charge in [0.1, 0.15) is 0 Å². The van der Waals surface area contributed by atoms with Crippen LogP contribution in [0.3, 0.4) is 0 Å². The number of piperazine rings is 1. The molecule has 8 nitrogen and oxygen atoms in total. The molecule has 0 unspecified atom stereocenters. The van der Waals surface area contributed by atoms with Gasteiger partial charge in [-0.05, 0) is 18.2 Å². The molecule has 0 radical (unpaired) electrons. The first-order chi connectivity index (χ1) is 9.98. The molecule has 2 aliphatic rings. The van der Waals surface area contributed by atoms with E-state index >= 15 is 0 Å². The minimum atomic E-state index is -3.63. The summed E-state index contributed by atoms with van der Waals surface area (Å²) in [4.78, 5) is 29.6. The summed E-state index contributed by atoms with van der Waals surface area (Å²) >= 11 is 0. The topological polar surface area (TPSA) is 108 Å². The number of hydrogen-bond acceptors (Lipinski definition) is 5. The number of rotatable bonds is 2. The monoisotopic (exact) mass is 344 g/mol. The fraction of sp³-hybridized carbons (Fsp3) is 0.333. The molecular weight excluding hydrogens is 332 g/mol. The minimum Gasteiger partial charge on any atom is -0.314 e. The molecule has 2 aliphatic heterocycles. The Labute approximate surface area is 132 Å². The molecule has 0 saturated carbocycles. The van der Waals surface area contributed by atoms with Gasteiger partial charge in [0.25, 0.3) is 0 Å². The number of hydrogen-bond donors (Lipinski definition) is 1. The number of amides is 2. The zero-order chi connectivity index (χ0) is 15.0. The number of sulfonamides is 1. The zero-order valence-corrected chi connectivity index (χ0v) is 13.0. The average Bonchev–Trinajstić information content (AvgIpc) is 2.49. The summed E-state index contributed by atoms with van der Waals surface area (Å²) < 4.78 is 26.4. The number of nitrogens with one attached hydrogen (secondary N) is 1. The first-order valence-electron chi connectivity index (χ1n) is 6.35. The summed E-state index contributed by atoms with van der Waals surface area (Å²) in [7, 11) is -3.63. The van der Waals surface area contributed by atoms with Crippen LogP contribution >= 0.6 is 12.4 Å². The molecule has 1 N–H and O–H groups in total. The fourth-order valence-electron chi connectivity index (χ4n) is 2.20. The highest BCUT2D eigenvalue weighted by Crippen LogP contribution is 2.13. The number of nitrogens with zero attached hydrogens (tertiary/aromatic N) is 3. The van der Waals surface area contributed by atoms with Gasteiger partial charge >= 0.3 is 11.8 Å². The lowest BCUT2D eigenvalue weighted by atomic mass is 10.3. The lowest BCUT2D eigenvalue weighted by molar-refractivity contribution is -0.135. The maximum atomic E-state index is 12.5. The maximum Gasteiger partial charge on any atom is 0.338 e. The lowest BCUT2D eigenvalue weighted by Crippen LogP contribution is -2.46. The predicted molar refractivity (Wildman–Crippen MR) is 77.6 cm³/mol. The van der Waals surface area contributed by atoms with Crippen LogP contribution in [0, 0.1) is 0 Å². The van der Waals surface area contributed by atoms with Gasteiger partial charge in [-0.2, -0.15) is 4.31 Å². The molecule has 2 heterocycles. The molecule has 1 aromatic carbocycles. The fourth-order valence-corrected chi connectivity index (χ4v) is 3.66. The molecule has 0 bridgehead atoms. The van der Waals surface area contributed by atoms with Crippen molar-refractivity contribution in [2.24, 2.45) is 9.98 Å². The van der Waals surface area contributed by atoms with Gasteiger partial charge in [-0.15, -0.1) is 12.4 Å². The van der Waals surface area contributed by atoms with Crippen LogP contribution in [0.1, 0.15) is 0 Å². The van der Waals surface area contributed by atoms with Gasteiger partial charge < -0.3 is 5.32 Å². The summed E-state index contributed by atoms with van der Waals surface area (Å²) in [6.07, 6.45) is 0. The van der Waals surface area contributed by atoms with Crippen molar-refractivity contribution in [1.82, 2.24) is 9.62 Å². The Kier molecular flexibility index (Phi) is 4.71. The van der Waals surface area contributed by atoms with Crippen LogP contribution in [0.5, 0.6) is 0 Å². The van der Waals surface area contributed by atoms with Crippen LogP contribution in [-0.2, 0) is 19.6 Å². The third kappa shape index (κ3) is 2.93. The Morgan fingerprint density at radius 2 is 1.59 bits per heavy atom. The highest BCUT2D eigenvalue weighted by atomic mass is 35.5. The maximum absolute atomic E-state index is 12.5. The summed E-state index contributed by atoms with van der Waals surface area (Å²) in [5.41, 5.74) is 0. The normalized spacial score (nSPS) is 18.7. The number of benzene rings is 1. The predicted octanol–water partition coefficient (Wildman–Crippen LogP) is -1.99. The summed E-state index contributed by atoms with van der Waals surface area (Å²) in [6.45, 7) is 1.96. The Morgan fingerprint density at radius 3 is 2.23 bits per heavy atom. The van der Waals surface area contributed by atoms with E-state index in [0.29, 0.717) is 26.2 Å². The van der Waals surface area contributed by atoms with Crippen LogP contribution < -0.4 is 16.0 Å². The van der Waals surface area contributed by atoms with Crippen LogP contribution in [0.4, 0.5) is 0 Å². The number of fused-ring (bicyclic) bond motifs is 1. The molecule has 1 saturated heterocycles. The molecule has 2 amide bonds. The van der Waals surface area contributed by atoms with E-state index in [-0.39, 0.29) is 28.0 Å². The van der Waals surface area contributed by atoms with Gasteiger partial charge in [0.15, 0.2) is 0 Å². The van der Waals surface area contributed by atoms with E-state index in [1.54, 1.807) is 0 Å². The van der Waals surface area contributed by atoms with Crippen LogP contribution in [0.25, 0.3) is 0 Å². The second kappa shape index (κ2) is 6.21. The number of carbonyl (C=O) groups is 2. The van der Waals surface area contributed by atoms with Crippen molar-refractivity contribution < 1.29 is 18.0 Å². The molecule has 1 aromatic rings. The van der Waals surface area contributed by atoms with Crippen molar-refractivity contribution >= 4 is 34.2 Å². The Balaban J connectivity index is 0.00000176. The molecule has 118 valence electrons. The largest absolute Gasteiger partial charge is 0.338 e. The Hall–Kier alpha value is -1.68. The quantitative estimate of drug-likeness (QED) is 0.625. The van der Waals surface area contributed by atoms with Gasteiger partial charge in [-0.25, -0.2) is 18.4 Å². The van der Waals surface area contributed by atoms with Crippen LogP contribution in [-0.4, -0.2) is 50.7 Å². The van der Waals surface area contributed by atoms with Gasteiger partial charge in [0.05, 0.1) is 15.6 Å². The molecule has 1 fully saturated rings. The minimum absolute atomic E-state index is 0. The van der Waals surface area contributed by atoms with E-state index < -0.39 is 21.8 Å². The van der Waals surface area contributed by atoms with E-state index in [9.17, 15) is 18.0 Å². The van der Waals surface area contributed by atoms with Crippen molar-refractivity contribution in [3.05, 3.63) is 28.9 Å². The van der Waals surface area contributed by atoms with Gasteiger partial charge in [0, 0.05) is 26.2 Å².